The molecule has 0 aromatic carbocycles. The Labute approximate surface area is 128 Å². The average Bonchev–Trinajstić information content (AvgIpc) is 3.00. The number of fused-ring (bicyclic) bond motifs is 1. The molecule has 0 amide bonds. The van der Waals surface area contributed by atoms with E-state index in [-0.39, 0.29) is 17.1 Å². The Kier molecular flexibility index (Phi) is 3.44. The summed E-state index contributed by atoms with van der Waals surface area (Å²) in [6.45, 7) is 0.386. The van der Waals surface area contributed by atoms with Crippen LogP contribution in [0.5, 0.6) is 0 Å². The van der Waals surface area contributed by atoms with E-state index < -0.39 is 42.0 Å². The van der Waals surface area contributed by atoms with E-state index in [0.717, 1.165) is 6.92 Å². The summed E-state index contributed by atoms with van der Waals surface area (Å²) in [5.74, 6) is -0.932. The lowest BCUT2D eigenvalue weighted by atomic mass is 9.88. The van der Waals surface area contributed by atoms with E-state index >= 15 is 0 Å². The molecule has 124 valence electrons. The lowest BCUT2D eigenvalue weighted by molar-refractivity contribution is -0.152. The molecule has 4 atom stereocenters. The van der Waals surface area contributed by atoms with Crippen LogP contribution in [0.15, 0.2) is 11.1 Å². The van der Waals surface area contributed by atoms with E-state index in [2.05, 4.69) is 15.0 Å². The highest BCUT2D eigenvalue weighted by Crippen LogP contribution is 2.38. The molecule has 0 unspecified atom stereocenters. The number of imidazole rings is 1. The zero-order valence-corrected chi connectivity index (χ0v) is 12.0. The number of aromatic nitrogens is 4. The average molecular weight is 325 g/mol. The van der Waals surface area contributed by atoms with Gasteiger partial charge in [0.05, 0.1) is 12.9 Å². The molecule has 1 aliphatic rings. The third-order valence-electron chi connectivity index (χ3n) is 3.97. The fourth-order valence-corrected chi connectivity index (χ4v) is 2.72. The second-order valence-corrected chi connectivity index (χ2v) is 5.30. The Morgan fingerprint density at radius 3 is 2.87 bits per heavy atom. The molecule has 6 N–H and O–H groups in total. The summed E-state index contributed by atoms with van der Waals surface area (Å²) in [6.07, 6.45) is -3.14. The first kappa shape index (κ1) is 15.6. The maximum atomic E-state index is 11.8. The van der Waals surface area contributed by atoms with Gasteiger partial charge in [0, 0.05) is 0 Å². The van der Waals surface area contributed by atoms with E-state index in [1.165, 1.54) is 10.9 Å². The van der Waals surface area contributed by atoms with Crippen LogP contribution in [0.3, 0.4) is 0 Å². The van der Waals surface area contributed by atoms with E-state index in [1.54, 1.807) is 0 Å². The Morgan fingerprint density at radius 2 is 2.30 bits per heavy atom. The quantitative estimate of drug-likeness (QED) is 0.401. The molecule has 0 aliphatic carbocycles. The zero-order valence-electron chi connectivity index (χ0n) is 12.0. The summed E-state index contributed by atoms with van der Waals surface area (Å²) in [6, 6.07) is 0. The van der Waals surface area contributed by atoms with Crippen molar-refractivity contribution in [2.24, 2.45) is 0 Å². The summed E-state index contributed by atoms with van der Waals surface area (Å²) in [4.78, 5) is 33.5. The Morgan fingerprint density at radius 1 is 1.61 bits per heavy atom. The van der Waals surface area contributed by atoms with Crippen LogP contribution in [-0.4, -0.2) is 65.0 Å². The molecular formula is C12H15N5O6. The number of Topliss-reactive ketones (excluding diaryl/α,β-unsaturated/α-hetero) is 1. The van der Waals surface area contributed by atoms with Gasteiger partial charge in [-0.15, -0.1) is 0 Å². The number of nitrogens with zero attached hydrogens (tertiary/aromatic N) is 3. The van der Waals surface area contributed by atoms with Gasteiger partial charge in [0.2, 0.25) is 5.95 Å². The van der Waals surface area contributed by atoms with E-state index in [9.17, 15) is 24.9 Å². The van der Waals surface area contributed by atoms with E-state index in [1.807, 2.05) is 0 Å². The summed E-state index contributed by atoms with van der Waals surface area (Å²) < 4.78 is 6.57. The number of rotatable bonds is 3. The molecular weight excluding hydrogens is 310 g/mol. The van der Waals surface area contributed by atoms with Gasteiger partial charge in [-0.25, -0.2) is 4.98 Å². The molecule has 11 nitrogen and oxygen atoms in total. The van der Waals surface area contributed by atoms with Gasteiger partial charge in [-0.3, -0.25) is 19.1 Å². The van der Waals surface area contributed by atoms with Gasteiger partial charge in [0.1, 0.15) is 12.2 Å². The van der Waals surface area contributed by atoms with Gasteiger partial charge < -0.3 is 25.8 Å². The van der Waals surface area contributed by atoms with Gasteiger partial charge in [0.25, 0.3) is 5.56 Å². The molecule has 0 radical (unpaired) electrons. The van der Waals surface area contributed by atoms with Crippen LogP contribution in [-0.2, 0) is 9.53 Å². The van der Waals surface area contributed by atoms with Crippen molar-refractivity contribution < 1.29 is 24.9 Å². The first-order chi connectivity index (χ1) is 10.8. The number of nitrogens with one attached hydrogen (secondary N) is 1. The number of nitrogens with two attached hydrogens (primary N) is 1. The van der Waals surface area contributed by atoms with Crippen molar-refractivity contribution in [1.82, 2.24) is 19.5 Å². The predicted molar refractivity (Wildman–Crippen MR) is 75.2 cm³/mol. The van der Waals surface area contributed by atoms with Gasteiger partial charge in [0.15, 0.2) is 28.8 Å². The number of aliphatic hydroxyl groups is 3. The largest absolute Gasteiger partial charge is 0.394 e. The molecule has 0 saturated carbocycles. The van der Waals surface area contributed by atoms with Crippen molar-refractivity contribution in [2.75, 3.05) is 12.3 Å². The highest BCUT2D eigenvalue weighted by Gasteiger charge is 2.59. The third-order valence-corrected chi connectivity index (χ3v) is 3.97. The number of carbonyl (C=O) groups excluding carboxylic acids is 1. The smallest absolute Gasteiger partial charge is 0.280 e. The van der Waals surface area contributed by atoms with Crippen LogP contribution in [0, 0.1) is 0 Å². The van der Waals surface area contributed by atoms with Gasteiger partial charge in [-0.1, -0.05) is 0 Å². The highest BCUT2D eigenvalue weighted by molar-refractivity contribution is 5.86. The molecule has 23 heavy (non-hydrogen) atoms. The van der Waals surface area contributed by atoms with Crippen LogP contribution in [0.4, 0.5) is 5.95 Å². The molecule has 0 bridgehead atoms. The summed E-state index contributed by atoms with van der Waals surface area (Å²) >= 11 is 0. The maximum Gasteiger partial charge on any atom is 0.280 e. The van der Waals surface area contributed by atoms with Crippen molar-refractivity contribution in [2.45, 2.75) is 31.0 Å². The first-order valence-corrected chi connectivity index (χ1v) is 6.70. The van der Waals surface area contributed by atoms with Crippen molar-refractivity contribution in [1.29, 1.82) is 0 Å². The minimum absolute atomic E-state index is 0.0137. The van der Waals surface area contributed by atoms with Gasteiger partial charge in [-0.05, 0) is 6.92 Å². The molecule has 1 aliphatic heterocycles. The monoisotopic (exact) mass is 325 g/mol. The first-order valence-electron chi connectivity index (χ1n) is 6.70. The topological polar surface area (TPSA) is 177 Å². The molecule has 11 heteroatoms. The minimum atomic E-state index is -2.29. The lowest BCUT2D eigenvalue weighted by Gasteiger charge is -2.27. The number of ketones is 1. The fourth-order valence-electron chi connectivity index (χ4n) is 2.72. The van der Waals surface area contributed by atoms with Crippen LogP contribution in [0.1, 0.15) is 13.2 Å². The number of aromatic amines is 1. The van der Waals surface area contributed by atoms with Crippen LogP contribution in [0.25, 0.3) is 11.2 Å². The predicted octanol–water partition coefficient (Wildman–Crippen LogP) is -2.73. The standard InChI is InChI=1S/C12H15N5O6/c1-4(19)12(22)5(2-18)23-10(7(12)20)17-3-14-6-8(17)15-11(13)16-9(6)21/h3,5,7,10,18,20,22H,2H2,1H3,(H3,13,15,16,21)/t5-,7+,10-,12-/m1/s1. The summed E-state index contributed by atoms with van der Waals surface area (Å²) in [5.41, 5.74) is 2.58. The molecule has 2 aromatic heterocycles. The summed E-state index contributed by atoms with van der Waals surface area (Å²) in [5, 5.41) is 30.1. The van der Waals surface area contributed by atoms with Gasteiger partial charge >= 0.3 is 0 Å². The van der Waals surface area contributed by atoms with Crippen molar-refractivity contribution >= 4 is 22.9 Å². The van der Waals surface area contributed by atoms with Crippen molar-refractivity contribution in [3.05, 3.63) is 16.7 Å². The van der Waals surface area contributed by atoms with Crippen LogP contribution in [0.2, 0.25) is 0 Å². The molecule has 3 heterocycles. The maximum absolute atomic E-state index is 11.8. The number of nitrogen functional groups attached to an aromatic ring is 1. The fraction of sp³-hybridized carbons (Fsp3) is 0.500. The summed E-state index contributed by atoms with van der Waals surface area (Å²) in [7, 11) is 0. The van der Waals surface area contributed by atoms with E-state index in [4.69, 9.17) is 10.5 Å². The highest BCUT2D eigenvalue weighted by atomic mass is 16.6. The normalized spacial score (nSPS) is 30.9. The lowest BCUT2D eigenvalue weighted by Crippen LogP contribution is -2.54. The molecule has 2 aromatic rings. The molecule has 1 saturated heterocycles. The number of hydrogen-bond donors (Lipinski definition) is 5. The minimum Gasteiger partial charge on any atom is -0.394 e. The second kappa shape index (κ2) is 5.09. The zero-order chi connectivity index (χ0) is 16.9. The van der Waals surface area contributed by atoms with Crippen molar-refractivity contribution in [3.8, 4) is 0 Å². The second-order valence-electron chi connectivity index (χ2n) is 5.30. The van der Waals surface area contributed by atoms with Crippen molar-refractivity contribution in [3.63, 3.8) is 0 Å². The van der Waals surface area contributed by atoms with E-state index in [0.29, 0.717) is 0 Å². The van der Waals surface area contributed by atoms with Gasteiger partial charge in [-0.2, -0.15) is 4.98 Å². The number of anilines is 1. The number of ether oxygens (including phenoxy) is 1. The molecule has 1 fully saturated rings. The number of aliphatic hydroxyl groups excluding tert-OH is 2. The molecule has 0 spiro atoms. The number of hydrogen-bond acceptors (Lipinski definition) is 9. The Bertz CT molecular complexity index is 831. The number of H-pyrrole nitrogens is 1. The van der Waals surface area contributed by atoms with Crippen LogP contribution >= 0.6 is 0 Å². The number of carbonyl (C=O) groups is 1. The molecule has 3 rings (SSSR count). The Balaban J connectivity index is 2.13. The SMILES string of the molecule is CC(=O)[C@@]1(O)[C@@H](CO)O[C@@H](n2cnc3c(=O)[nH]c(N)nc32)[C@@H]1O. The van der Waals surface area contributed by atoms with Crippen LogP contribution < -0.4 is 11.3 Å². The third kappa shape index (κ3) is 2.05. The Hall–Kier alpha value is -2.34.